The molecule has 1 fully saturated rings. The first-order valence-electron chi connectivity index (χ1n) is 11.2. The predicted octanol–water partition coefficient (Wildman–Crippen LogP) is 3.89. The number of hydrogen-bond donors (Lipinski definition) is 2. The predicted molar refractivity (Wildman–Crippen MR) is 125 cm³/mol. The Labute approximate surface area is 199 Å². The molecule has 0 aromatic heterocycles. The van der Waals surface area contributed by atoms with Crippen LogP contribution in [-0.2, 0) is 32.2 Å². The summed E-state index contributed by atoms with van der Waals surface area (Å²) in [6, 6.07) is 17.5. The summed E-state index contributed by atoms with van der Waals surface area (Å²) in [6.07, 6.45) is -0.206. The summed E-state index contributed by atoms with van der Waals surface area (Å²) in [5.41, 5.74) is 0.882. The summed E-state index contributed by atoms with van der Waals surface area (Å²) in [6.45, 7) is 4.54. The maximum Gasteiger partial charge on any atom is 0.322 e. The molecule has 2 N–H and O–H groups in total. The van der Waals surface area contributed by atoms with Gasteiger partial charge in [0.25, 0.3) is 5.91 Å². The van der Waals surface area contributed by atoms with Gasteiger partial charge in [0.15, 0.2) is 0 Å². The normalized spacial score (nSPS) is 18.7. The van der Waals surface area contributed by atoms with Crippen LogP contribution in [0, 0.1) is 5.41 Å². The number of urea groups is 1. The number of carbonyl (C=O) groups excluding carboxylic acids is 2. The van der Waals surface area contributed by atoms with Gasteiger partial charge in [-0.25, -0.2) is 9.18 Å². The molecular formula is C26H31FN2O5. The lowest BCUT2D eigenvalue weighted by Gasteiger charge is -2.18. The van der Waals surface area contributed by atoms with E-state index >= 15 is 4.39 Å². The molecule has 0 heterocycles. The summed E-state index contributed by atoms with van der Waals surface area (Å²) >= 11 is 0. The van der Waals surface area contributed by atoms with Crippen LogP contribution in [0.1, 0.15) is 25.0 Å². The number of hydrogen-bond acceptors (Lipinski definition) is 5. The van der Waals surface area contributed by atoms with Gasteiger partial charge in [-0.15, -0.1) is 0 Å². The molecule has 7 nitrogen and oxygen atoms in total. The van der Waals surface area contributed by atoms with E-state index in [0.29, 0.717) is 25.6 Å². The first kappa shape index (κ1) is 25.4. The molecule has 2 aromatic rings. The number of ether oxygens (including phenoxy) is 3. The van der Waals surface area contributed by atoms with Crippen molar-refractivity contribution in [2.45, 2.75) is 39.3 Å². The Morgan fingerprint density at radius 2 is 1.50 bits per heavy atom. The smallest absolute Gasteiger partial charge is 0.322 e. The molecule has 34 heavy (non-hydrogen) atoms. The topological polar surface area (TPSA) is 85.9 Å². The molecule has 1 aliphatic rings. The minimum Gasteiger partial charge on any atom is -0.498 e. The van der Waals surface area contributed by atoms with E-state index < -0.39 is 29.6 Å². The summed E-state index contributed by atoms with van der Waals surface area (Å²) in [4.78, 5) is 24.3. The van der Waals surface area contributed by atoms with E-state index in [1.807, 2.05) is 60.7 Å². The van der Waals surface area contributed by atoms with Crippen LogP contribution in [0.25, 0.3) is 0 Å². The number of allylic oxidation sites excluding steroid dienone is 1. The third-order valence-corrected chi connectivity index (χ3v) is 5.55. The van der Waals surface area contributed by atoms with Gasteiger partial charge in [-0.05, 0) is 25.0 Å². The van der Waals surface area contributed by atoms with Gasteiger partial charge >= 0.3 is 6.03 Å². The molecule has 3 amide bonds. The highest BCUT2D eigenvalue weighted by molar-refractivity contribution is 6.00. The van der Waals surface area contributed by atoms with Crippen molar-refractivity contribution >= 4 is 11.9 Å². The average Bonchev–Trinajstić information content (AvgIpc) is 3.35. The van der Waals surface area contributed by atoms with Crippen molar-refractivity contribution in [1.82, 2.24) is 10.6 Å². The lowest BCUT2D eigenvalue weighted by molar-refractivity contribution is -0.115. The number of imide groups is 1. The van der Waals surface area contributed by atoms with Crippen molar-refractivity contribution in [1.29, 1.82) is 0 Å². The molecule has 1 saturated carbocycles. The van der Waals surface area contributed by atoms with Gasteiger partial charge in [0.2, 0.25) is 0 Å². The largest absolute Gasteiger partial charge is 0.498 e. The molecule has 182 valence electrons. The standard InChI is InChI=1S/C26H31FN2O5/c1-3-34-19(2)14-22(30)28-25(31)29-24-23(27)26(24,17-32-15-20-10-6-4-7-11-20)18-33-16-21-12-8-5-9-13-21/h4-14,23-24H,3,15-18H2,1-2H3,(H2,28,29,30,31)/b19-14+. The van der Waals surface area contributed by atoms with Crippen molar-refractivity contribution in [3.63, 3.8) is 0 Å². The van der Waals surface area contributed by atoms with Crippen molar-refractivity contribution in [3.8, 4) is 0 Å². The van der Waals surface area contributed by atoms with Crippen molar-refractivity contribution in [3.05, 3.63) is 83.6 Å². The summed E-state index contributed by atoms with van der Waals surface area (Å²) in [7, 11) is 0. The minimum atomic E-state index is -1.37. The fraction of sp³-hybridized carbons (Fsp3) is 0.385. The van der Waals surface area contributed by atoms with Gasteiger partial charge in [0.1, 0.15) is 6.17 Å². The Morgan fingerprint density at radius 1 is 0.971 bits per heavy atom. The zero-order chi connectivity index (χ0) is 24.4. The Bertz CT molecular complexity index is 922. The molecule has 0 saturated heterocycles. The molecular weight excluding hydrogens is 439 g/mol. The third-order valence-electron chi connectivity index (χ3n) is 5.55. The Hall–Kier alpha value is -3.23. The number of carbonyl (C=O) groups is 2. The van der Waals surface area contributed by atoms with Crippen LogP contribution in [-0.4, -0.2) is 44.0 Å². The second-order valence-corrected chi connectivity index (χ2v) is 8.22. The van der Waals surface area contributed by atoms with Crippen molar-refractivity contribution in [2.24, 2.45) is 5.41 Å². The van der Waals surface area contributed by atoms with Crippen LogP contribution in [0.2, 0.25) is 0 Å². The number of benzene rings is 2. The van der Waals surface area contributed by atoms with Gasteiger partial charge in [-0.2, -0.15) is 0 Å². The molecule has 3 rings (SSSR count). The second kappa shape index (κ2) is 12.3. The summed E-state index contributed by atoms with van der Waals surface area (Å²) in [5.74, 6) is -0.272. The third kappa shape index (κ3) is 7.13. The lowest BCUT2D eigenvalue weighted by atomic mass is 10.1. The number of halogens is 1. The number of amides is 3. The van der Waals surface area contributed by atoms with Crippen LogP contribution >= 0.6 is 0 Å². The van der Waals surface area contributed by atoms with Crippen LogP contribution in [0.3, 0.4) is 0 Å². The zero-order valence-corrected chi connectivity index (χ0v) is 19.5. The lowest BCUT2D eigenvalue weighted by Crippen LogP contribution is -2.42. The summed E-state index contributed by atoms with van der Waals surface area (Å²) in [5, 5.41) is 4.72. The van der Waals surface area contributed by atoms with Gasteiger partial charge in [-0.3, -0.25) is 10.1 Å². The number of alkyl halides is 1. The molecule has 2 aromatic carbocycles. The number of rotatable bonds is 12. The van der Waals surface area contributed by atoms with E-state index in [2.05, 4.69) is 10.6 Å². The van der Waals surface area contributed by atoms with Gasteiger partial charge < -0.3 is 19.5 Å². The van der Waals surface area contributed by atoms with E-state index in [0.717, 1.165) is 11.1 Å². The maximum absolute atomic E-state index is 15.0. The van der Waals surface area contributed by atoms with Crippen LogP contribution in [0.4, 0.5) is 9.18 Å². The second-order valence-electron chi connectivity index (χ2n) is 8.22. The number of nitrogens with one attached hydrogen (secondary N) is 2. The van der Waals surface area contributed by atoms with Gasteiger partial charge in [-0.1, -0.05) is 60.7 Å². The van der Waals surface area contributed by atoms with Gasteiger partial charge in [0.05, 0.1) is 50.3 Å². The van der Waals surface area contributed by atoms with Crippen LogP contribution < -0.4 is 10.6 Å². The fourth-order valence-corrected chi connectivity index (χ4v) is 3.68. The average molecular weight is 471 g/mol. The molecule has 0 bridgehead atoms. The molecule has 8 heteroatoms. The highest BCUT2D eigenvalue weighted by atomic mass is 19.1. The molecule has 1 aliphatic carbocycles. The Kier molecular flexibility index (Phi) is 9.18. The quantitative estimate of drug-likeness (QED) is 0.363. The first-order chi connectivity index (χ1) is 16.4. The van der Waals surface area contributed by atoms with Crippen molar-refractivity contribution < 1.29 is 28.2 Å². The van der Waals surface area contributed by atoms with E-state index in [-0.39, 0.29) is 13.2 Å². The van der Waals surface area contributed by atoms with Crippen LogP contribution in [0.5, 0.6) is 0 Å². The Balaban J connectivity index is 1.58. The molecule has 0 radical (unpaired) electrons. The first-order valence-corrected chi connectivity index (χ1v) is 11.2. The van der Waals surface area contributed by atoms with E-state index in [1.165, 1.54) is 6.08 Å². The van der Waals surface area contributed by atoms with Crippen LogP contribution in [0.15, 0.2) is 72.5 Å². The SMILES string of the molecule is CCO/C(C)=C/C(=O)NC(=O)NC1C(F)C1(COCc1ccccc1)COCc1ccccc1. The minimum absolute atomic E-state index is 0.0556. The summed E-state index contributed by atoms with van der Waals surface area (Å²) < 4.78 is 31.8. The van der Waals surface area contributed by atoms with Crippen molar-refractivity contribution in [2.75, 3.05) is 19.8 Å². The fourth-order valence-electron chi connectivity index (χ4n) is 3.68. The van der Waals surface area contributed by atoms with E-state index in [1.54, 1.807) is 13.8 Å². The highest BCUT2D eigenvalue weighted by Crippen LogP contribution is 2.49. The zero-order valence-electron chi connectivity index (χ0n) is 19.5. The monoisotopic (exact) mass is 470 g/mol. The van der Waals surface area contributed by atoms with Gasteiger partial charge in [0, 0.05) is 6.08 Å². The Morgan fingerprint density at radius 3 is 2.00 bits per heavy atom. The highest BCUT2D eigenvalue weighted by Gasteiger charge is 2.67. The van der Waals surface area contributed by atoms with E-state index in [9.17, 15) is 9.59 Å². The maximum atomic E-state index is 15.0. The molecule has 0 spiro atoms. The molecule has 0 aliphatic heterocycles. The molecule has 2 atom stereocenters. The molecule has 2 unspecified atom stereocenters. The van der Waals surface area contributed by atoms with E-state index in [4.69, 9.17) is 14.2 Å².